The van der Waals surface area contributed by atoms with Crippen molar-refractivity contribution in [1.29, 1.82) is 0 Å². The summed E-state index contributed by atoms with van der Waals surface area (Å²) in [5.74, 6) is 0. The van der Waals surface area contributed by atoms with Gasteiger partial charge in [-0.1, -0.05) is 11.5 Å². The van der Waals surface area contributed by atoms with E-state index in [0.29, 0.717) is 46.0 Å². The second kappa shape index (κ2) is 17.2. The molecule has 0 amide bonds. The molecule has 0 rings (SSSR count). The Morgan fingerprint density at radius 2 is 1.37 bits per heavy atom. The maximum atomic E-state index is 8.08. The summed E-state index contributed by atoms with van der Waals surface area (Å²) in [5, 5.41) is 3.47. The highest BCUT2D eigenvalue weighted by Gasteiger charge is 1.92. The molecule has 0 saturated heterocycles. The first-order valence-electron chi connectivity index (χ1n) is 6.86. The third kappa shape index (κ3) is 17.2. The summed E-state index contributed by atoms with van der Waals surface area (Å²) in [4.78, 5) is 2.70. The van der Waals surface area contributed by atoms with Gasteiger partial charge in [0.2, 0.25) is 0 Å². The predicted octanol–water partition coefficient (Wildman–Crippen LogP) is 3.01. The molecular formula is C13H25N3O3. The van der Waals surface area contributed by atoms with Crippen molar-refractivity contribution in [1.82, 2.24) is 0 Å². The van der Waals surface area contributed by atoms with Gasteiger partial charge in [0.25, 0.3) is 0 Å². The summed E-state index contributed by atoms with van der Waals surface area (Å²) >= 11 is 0. The van der Waals surface area contributed by atoms with Gasteiger partial charge in [0.05, 0.1) is 26.4 Å². The molecule has 0 spiro atoms. The lowest BCUT2D eigenvalue weighted by Crippen LogP contribution is -2.10. The van der Waals surface area contributed by atoms with Gasteiger partial charge in [0.1, 0.15) is 0 Å². The largest absolute Gasteiger partial charge is 0.379 e. The topological polar surface area (TPSA) is 76.5 Å². The van der Waals surface area contributed by atoms with Crippen LogP contribution in [0.4, 0.5) is 0 Å². The molecule has 0 aliphatic rings. The summed E-state index contributed by atoms with van der Waals surface area (Å²) in [6.45, 7) is 9.75. The van der Waals surface area contributed by atoms with Crippen LogP contribution in [0, 0.1) is 6.92 Å². The van der Waals surface area contributed by atoms with Crippen molar-refractivity contribution in [2.24, 2.45) is 5.11 Å². The van der Waals surface area contributed by atoms with Crippen LogP contribution in [0.25, 0.3) is 10.4 Å². The molecule has 110 valence electrons. The molecule has 0 heterocycles. The molecule has 0 aliphatic carbocycles. The molecule has 2 radical (unpaired) electrons. The molecule has 0 N–H and O–H groups in total. The Morgan fingerprint density at radius 1 is 0.789 bits per heavy atom. The lowest BCUT2D eigenvalue weighted by atomic mass is 10.2. The molecule has 0 aliphatic heterocycles. The van der Waals surface area contributed by atoms with Crippen LogP contribution < -0.4 is 0 Å². The van der Waals surface area contributed by atoms with Crippen molar-refractivity contribution >= 4 is 0 Å². The van der Waals surface area contributed by atoms with Crippen molar-refractivity contribution in [3.05, 3.63) is 17.4 Å². The minimum atomic E-state index is 0.573. The lowest BCUT2D eigenvalue weighted by molar-refractivity contribution is 0.0136. The van der Waals surface area contributed by atoms with Gasteiger partial charge in [-0.15, -0.1) is 0 Å². The van der Waals surface area contributed by atoms with Crippen molar-refractivity contribution in [3.63, 3.8) is 0 Å². The number of nitrogens with zero attached hydrogens (tertiary/aromatic N) is 3. The molecular weight excluding hydrogens is 246 g/mol. The monoisotopic (exact) mass is 271 g/mol. The van der Waals surface area contributed by atoms with Crippen LogP contribution in [-0.2, 0) is 14.2 Å². The van der Waals surface area contributed by atoms with Gasteiger partial charge < -0.3 is 14.2 Å². The third-order valence-electron chi connectivity index (χ3n) is 2.35. The number of ether oxygens (including phenoxy) is 3. The molecule has 0 fully saturated rings. The van der Waals surface area contributed by atoms with E-state index in [9.17, 15) is 0 Å². The van der Waals surface area contributed by atoms with Crippen LogP contribution in [0.5, 0.6) is 0 Å². The first kappa shape index (κ1) is 18.2. The zero-order chi connectivity index (χ0) is 14.0. The van der Waals surface area contributed by atoms with Gasteiger partial charge in [-0.25, -0.2) is 0 Å². The fourth-order valence-corrected chi connectivity index (χ4v) is 1.34. The Balaban J connectivity index is 2.93. The van der Waals surface area contributed by atoms with E-state index < -0.39 is 0 Å². The zero-order valence-electron chi connectivity index (χ0n) is 11.6. The highest BCUT2D eigenvalue weighted by atomic mass is 16.5. The van der Waals surface area contributed by atoms with Crippen molar-refractivity contribution in [2.75, 3.05) is 46.2 Å². The summed E-state index contributed by atoms with van der Waals surface area (Å²) in [6, 6.07) is 0. The van der Waals surface area contributed by atoms with Crippen LogP contribution in [-0.4, -0.2) is 46.2 Å². The van der Waals surface area contributed by atoms with Gasteiger partial charge in [-0.2, -0.15) is 0 Å². The minimum Gasteiger partial charge on any atom is -0.379 e. The Kier molecular flexibility index (Phi) is 16.5. The highest BCUT2D eigenvalue weighted by Crippen LogP contribution is 1.96. The zero-order valence-corrected chi connectivity index (χ0v) is 11.6. The number of hydrogen-bond acceptors (Lipinski definition) is 4. The maximum Gasteiger partial charge on any atom is 0.0701 e. The molecule has 0 unspecified atom stereocenters. The van der Waals surface area contributed by atoms with Gasteiger partial charge >= 0.3 is 0 Å². The van der Waals surface area contributed by atoms with Crippen LogP contribution in [0.2, 0.25) is 0 Å². The van der Waals surface area contributed by atoms with Gasteiger partial charge in [0, 0.05) is 24.7 Å². The molecule has 0 bridgehead atoms. The van der Waals surface area contributed by atoms with Gasteiger partial charge in [-0.3, -0.25) is 0 Å². The van der Waals surface area contributed by atoms with E-state index in [1.165, 1.54) is 0 Å². The van der Waals surface area contributed by atoms with Crippen molar-refractivity contribution in [2.45, 2.75) is 32.1 Å². The number of azide groups is 1. The molecule has 0 aromatic heterocycles. The molecule has 0 aromatic rings. The Hall–Kier alpha value is -0.810. The highest BCUT2D eigenvalue weighted by molar-refractivity contribution is 4.48. The van der Waals surface area contributed by atoms with E-state index in [4.69, 9.17) is 26.7 Å². The quantitative estimate of drug-likeness (QED) is 0.199. The first-order chi connectivity index (χ1) is 9.41. The first-order valence-corrected chi connectivity index (χ1v) is 6.86. The van der Waals surface area contributed by atoms with E-state index >= 15 is 0 Å². The van der Waals surface area contributed by atoms with Gasteiger partial charge in [0.15, 0.2) is 0 Å². The van der Waals surface area contributed by atoms with E-state index in [0.717, 1.165) is 32.3 Å². The Morgan fingerprint density at radius 3 is 1.95 bits per heavy atom. The van der Waals surface area contributed by atoms with E-state index in [1.54, 1.807) is 0 Å². The molecule has 0 aromatic carbocycles. The number of hydrogen-bond donors (Lipinski definition) is 0. The van der Waals surface area contributed by atoms with Crippen LogP contribution in [0.3, 0.4) is 0 Å². The SMILES string of the molecule is [CH]CCCOCCOCCOCCCCCN=[N+]=[N-]. The molecule has 0 saturated carbocycles. The minimum absolute atomic E-state index is 0.573. The van der Waals surface area contributed by atoms with E-state index in [2.05, 4.69) is 10.0 Å². The Labute approximate surface area is 116 Å². The third-order valence-corrected chi connectivity index (χ3v) is 2.35. The fourth-order valence-electron chi connectivity index (χ4n) is 1.34. The summed E-state index contributed by atoms with van der Waals surface area (Å²) < 4.78 is 16.0. The second-order valence-corrected chi connectivity index (χ2v) is 3.99. The van der Waals surface area contributed by atoms with Crippen LogP contribution in [0.15, 0.2) is 5.11 Å². The van der Waals surface area contributed by atoms with Crippen LogP contribution >= 0.6 is 0 Å². The lowest BCUT2D eigenvalue weighted by Gasteiger charge is -2.06. The fraction of sp³-hybridized carbons (Fsp3) is 0.923. The predicted molar refractivity (Wildman–Crippen MR) is 73.9 cm³/mol. The molecule has 6 nitrogen and oxygen atoms in total. The smallest absolute Gasteiger partial charge is 0.0701 e. The van der Waals surface area contributed by atoms with Crippen molar-refractivity contribution in [3.8, 4) is 0 Å². The normalized spacial score (nSPS) is 10.4. The summed E-state index contributed by atoms with van der Waals surface area (Å²) in [7, 11) is 0. The average Bonchev–Trinajstić information content (AvgIpc) is 2.43. The van der Waals surface area contributed by atoms with E-state index in [-0.39, 0.29) is 0 Å². The molecule has 6 heteroatoms. The molecule has 19 heavy (non-hydrogen) atoms. The average molecular weight is 271 g/mol. The number of unbranched alkanes of at least 4 members (excludes halogenated alkanes) is 3. The van der Waals surface area contributed by atoms with Gasteiger partial charge in [-0.05, 0) is 38.1 Å². The standard InChI is InChI=1S/C13H25N3O3/c1-2-3-8-17-10-12-19-13-11-18-9-6-4-5-7-15-16-14/h1H,2-13H2. The summed E-state index contributed by atoms with van der Waals surface area (Å²) in [6.07, 6.45) is 4.49. The molecule has 0 atom stereocenters. The Bertz CT molecular complexity index is 221. The maximum absolute atomic E-state index is 8.08. The number of rotatable bonds is 15. The second-order valence-electron chi connectivity index (χ2n) is 3.99. The van der Waals surface area contributed by atoms with E-state index in [1.807, 2.05) is 0 Å². The van der Waals surface area contributed by atoms with Crippen LogP contribution in [0.1, 0.15) is 32.1 Å². The summed E-state index contributed by atoms with van der Waals surface area (Å²) in [5.41, 5.74) is 8.08. The van der Waals surface area contributed by atoms with Crippen molar-refractivity contribution < 1.29 is 14.2 Å².